The van der Waals surface area contributed by atoms with E-state index in [0.717, 1.165) is 79.2 Å². The van der Waals surface area contributed by atoms with Gasteiger partial charge in [0.05, 0.1) is 34.2 Å². The number of aryl methyl sites for hydroxylation is 1. The first-order chi connectivity index (χ1) is 30.2. The maximum Gasteiger partial charge on any atom is 0.134 e. The lowest BCUT2D eigenvalue weighted by atomic mass is 9.83. The van der Waals surface area contributed by atoms with Crippen LogP contribution in [0.4, 0.5) is 0 Å². The number of hydrogen-bond acceptors (Lipinski definition) is 6. The molecule has 0 unspecified atom stereocenters. The van der Waals surface area contributed by atoms with Crippen LogP contribution >= 0.6 is 0 Å². The Morgan fingerprint density at radius 3 is 1.29 bits per heavy atom. The molecule has 0 atom stereocenters. The quantitative estimate of drug-likeness (QED) is 0.159. The summed E-state index contributed by atoms with van der Waals surface area (Å²) in [5, 5.41) is 32.7. The Kier molecular flexibility index (Phi) is 9.71. The fraction of sp³-hybridized carbons (Fsp3) is 0.143. The van der Waals surface area contributed by atoms with Crippen LogP contribution < -0.4 is 0 Å². The summed E-state index contributed by atoms with van der Waals surface area (Å²) < 4.78 is 0. The lowest BCUT2D eigenvalue weighted by Crippen LogP contribution is -2.11. The van der Waals surface area contributed by atoms with Gasteiger partial charge in [0.1, 0.15) is 11.5 Å². The molecule has 10 aromatic rings. The first-order valence-electron chi connectivity index (χ1n) is 21.4. The third-order valence-corrected chi connectivity index (χ3v) is 12.1. The van der Waals surface area contributed by atoms with E-state index < -0.39 is 0 Å². The third-order valence-electron chi connectivity index (χ3n) is 12.1. The molecule has 0 saturated heterocycles. The van der Waals surface area contributed by atoms with Crippen LogP contribution in [0, 0.1) is 0 Å². The van der Waals surface area contributed by atoms with Crippen molar-refractivity contribution in [2.24, 2.45) is 0 Å². The van der Waals surface area contributed by atoms with Crippen LogP contribution in [-0.4, -0.2) is 30.1 Å². The number of unbranched alkanes of at least 4 members (excludes halogenated alkanes) is 1. The van der Waals surface area contributed by atoms with Crippen molar-refractivity contribution < 1.29 is 10.2 Å². The maximum absolute atomic E-state index is 12.5. The Morgan fingerprint density at radius 1 is 0.452 bits per heavy atom. The number of nitrogens with zero attached hydrogens (tertiary/aromatic N) is 4. The largest absolute Gasteiger partial charge is 0.507 e. The molecule has 10 rings (SSSR count). The van der Waals surface area contributed by atoms with E-state index in [1.165, 1.54) is 0 Å². The maximum atomic E-state index is 12.5. The summed E-state index contributed by atoms with van der Waals surface area (Å²) >= 11 is 0. The molecule has 0 saturated carbocycles. The van der Waals surface area contributed by atoms with Crippen LogP contribution in [0.1, 0.15) is 51.7 Å². The van der Waals surface area contributed by atoms with Crippen molar-refractivity contribution in [1.29, 1.82) is 0 Å². The summed E-state index contributed by atoms with van der Waals surface area (Å²) in [6.07, 6.45) is 6.51. The number of hydrogen-bond donors (Lipinski definition) is 2. The molecule has 6 aromatic carbocycles. The lowest BCUT2D eigenvalue weighted by Gasteiger charge is -2.23. The molecular weight excluding hydrogens is 761 g/mol. The summed E-state index contributed by atoms with van der Waals surface area (Å²) in [6.45, 7) is 8.74. The van der Waals surface area contributed by atoms with Gasteiger partial charge in [-0.3, -0.25) is 9.97 Å². The van der Waals surface area contributed by atoms with Crippen LogP contribution in [0.2, 0.25) is 0 Å². The minimum atomic E-state index is -0.252. The average molecular weight is 807 g/mol. The topological polar surface area (TPSA) is 92.0 Å². The van der Waals surface area contributed by atoms with E-state index in [2.05, 4.69) is 113 Å². The van der Waals surface area contributed by atoms with Gasteiger partial charge >= 0.3 is 0 Å². The Bertz CT molecular complexity index is 3360. The molecule has 302 valence electrons. The minimum Gasteiger partial charge on any atom is -0.507 e. The smallest absolute Gasteiger partial charge is 0.134 e. The van der Waals surface area contributed by atoms with Crippen molar-refractivity contribution in [3.05, 3.63) is 169 Å². The predicted octanol–water partition coefficient (Wildman–Crippen LogP) is 14.3. The second-order valence-corrected chi connectivity index (χ2v) is 17.2. The first kappa shape index (κ1) is 38.7. The molecule has 0 aliphatic carbocycles. The molecule has 62 heavy (non-hydrogen) atoms. The van der Waals surface area contributed by atoms with E-state index in [4.69, 9.17) is 19.9 Å². The highest BCUT2D eigenvalue weighted by Gasteiger charge is 2.25. The number of phenols is 2. The lowest BCUT2D eigenvalue weighted by molar-refractivity contribution is 0.477. The van der Waals surface area contributed by atoms with Gasteiger partial charge in [-0.1, -0.05) is 131 Å². The zero-order chi connectivity index (χ0) is 42.5. The van der Waals surface area contributed by atoms with E-state index in [0.29, 0.717) is 50.7 Å². The molecule has 2 N–H and O–H groups in total. The number of benzene rings is 6. The van der Waals surface area contributed by atoms with Gasteiger partial charge in [0, 0.05) is 56.2 Å². The van der Waals surface area contributed by atoms with E-state index >= 15 is 0 Å². The van der Waals surface area contributed by atoms with E-state index in [1.807, 2.05) is 66.9 Å². The van der Waals surface area contributed by atoms with Crippen LogP contribution in [-0.2, 0) is 11.8 Å². The minimum absolute atomic E-state index is 0.118. The highest BCUT2D eigenvalue weighted by molar-refractivity contribution is 6.04. The van der Waals surface area contributed by atoms with Gasteiger partial charge in [-0.25, -0.2) is 9.97 Å². The summed E-state index contributed by atoms with van der Waals surface area (Å²) in [6, 6.07) is 49.1. The van der Waals surface area contributed by atoms with Gasteiger partial charge in [-0.05, 0) is 99.5 Å². The normalized spacial score (nSPS) is 11.9. The number of aromatic hydroxyl groups is 2. The fourth-order valence-corrected chi connectivity index (χ4v) is 8.75. The number of aromatic nitrogens is 4. The summed E-state index contributed by atoms with van der Waals surface area (Å²) in [5.74, 6) is 0.252. The van der Waals surface area contributed by atoms with Crippen LogP contribution in [0.3, 0.4) is 0 Å². The molecule has 0 aliphatic heterocycles. The Labute approximate surface area is 361 Å². The van der Waals surface area contributed by atoms with E-state index in [9.17, 15) is 10.2 Å². The van der Waals surface area contributed by atoms with Crippen LogP contribution in [0.25, 0.3) is 99.5 Å². The molecule has 6 nitrogen and oxygen atoms in total. The average Bonchev–Trinajstić information content (AvgIpc) is 3.30. The van der Waals surface area contributed by atoms with E-state index in [1.54, 1.807) is 6.20 Å². The van der Waals surface area contributed by atoms with Crippen molar-refractivity contribution >= 4 is 43.1 Å². The van der Waals surface area contributed by atoms with Gasteiger partial charge in [0.2, 0.25) is 0 Å². The molecule has 0 aliphatic rings. The zero-order valence-electron chi connectivity index (χ0n) is 35.3. The number of pyridine rings is 4. The summed E-state index contributed by atoms with van der Waals surface area (Å²) in [5.41, 5.74) is 8.56. The molecule has 0 radical (unpaired) electrons. The van der Waals surface area contributed by atoms with Crippen molar-refractivity contribution in [1.82, 2.24) is 19.9 Å². The number of rotatable bonds is 8. The zero-order valence-corrected chi connectivity index (χ0v) is 35.3. The summed E-state index contributed by atoms with van der Waals surface area (Å²) in [4.78, 5) is 20.5. The molecule has 4 aromatic heterocycles. The Morgan fingerprint density at radius 2 is 0.839 bits per heavy atom. The van der Waals surface area contributed by atoms with Crippen molar-refractivity contribution in [3.8, 4) is 67.9 Å². The molecule has 6 heteroatoms. The number of phenolic OH excluding ortho intramolecular Hbond substituents is 2. The standard InChI is InChI=1S/C56H46N4O2/c1-5-6-15-34-28-44(50-40-20-11-7-16-35(40)24-26-57-50)54(61)45(29-34)52-42-22-13-9-18-37(42)30-48(59-52)49-31-38-19-10-14-23-43(38)53(60-49)47-33-39(56(2,3)4)32-46(55(47)62)51-41-21-12-8-17-36(41)25-27-58-51/h7-14,16-33,61-62H,5-6,15H2,1-4H3. The third kappa shape index (κ3) is 6.88. The monoisotopic (exact) mass is 806 g/mol. The van der Waals surface area contributed by atoms with Crippen molar-refractivity contribution in [2.45, 2.75) is 52.4 Å². The fourth-order valence-electron chi connectivity index (χ4n) is 8.75. The van der Waals surface area contributed by atoms with Gasteiger partial charge in [0.25, 0.3) is 0 Å². The SMILES string of the molecule is CCCCc1cc(-c2nccc3ccccc23)c(O)c(-c2nc(-c3cc4ccccc4c(-c4cc(C(C)(C)C)cc(-c5nccc6ccccc56)c4O)n3)cc3ccccc23)c1. The molecule has 0 spiro atoms. The van der Waals surface area contributed by atoms with Gasteiger partial charge < -0.3 is 10.2 Å². The van der Waals surface area contributed by atoms with Gasteiger partial charge in [0.15, 0.2) is 0 Å². The molecule has 4 heterocycles. The van der Waals surface area contributed by atoms with Crippen molar-refractivity contribution in [2.75, 3.05) is 0 Å². The van der Waals surface area contributed by atoms with Crippen molar-refractivity contribution in [3.63, 3.8) is 0 Å². The first-order valence-corrected chi connectivity index (χ1v) is 21.4. The Balaban J connectivity index is 1.22. The molecular formula is C56H46N4O2. The second kappa shape index (κ2) is 15.5. The summed E-state index contributed by atoms with van der Waals surface area (Å²) in [7, 11) is 0. The second-order valence-electron chi connectivity index (χ2n) is 17.2. The van der Waals surface area contributed by atoms with Crippen LogP contribution in [0.5, 0.6) is 11.5 Å². The highest BCUT2D eigenvalue weighted by atomic mass is 16.3. The van der Waals surface area contributed by atoms with E-state index in [-0.39, 0.29) is 16.9 Å². The molecule has 0 bridgehead atoms. The molecule has 0 amide bonds. The molecule has 0 fully saturated rings. The van der Waals surface area contributed by atoms with Gasteiger partial charge in [-0.15, -0.1) is 0 Å². The number of fused-ring (bicyclic) bond motifs is 4. The van der Waals surface area contributed by atoms with Gasteiger partial charge in [-0.2, -0.15) is 0 Å². The Hall–Kier alpha value is -7.44. The highest BCUT2D eigenvalue weighted by Crippen LogP contribution is 2.46. The predicted molar refractivity (Wildman–Crippen MR) is 255 cm³/mol. The van der Waals surface area contributed by atoms with Crippen LogP contribution in [0.15, 0.2) is 158 Å².